The van der Waals surface area contributed by atoms with Gasteiger partial charge < -0.3 is 5.32 Å². The van der Waals surface area contributed by atoms with Crippen molar-refractivity contribution >= 4 is 38.4 Å². The molecule has 1 N–H and O–H groups in total. The number of nitrogens with one attached hydrogen (secondary N) is 1. The number of rotatable bonds is 2. The highest BCUT2D eigenvalue weighted by Gasteiger charge is 2.22. The number of aromatic nitrogens is 1. The lowest BCUT2D eigenvalue weighted by molar-refractivity contribution is 0.0937. The van der Waals surface area contributed by atoms with E-state index in [-0.39, 0.29) is 11.9 Å². The third-order valence-corrected chi connectivity index (χ3v) is 6.40. The zero-order valence-corrected chi connectivity index (χ0v) is 16.0. The van der Waals surface area contributed by atoms with Crippen LogP contribution in [-0.4, -0.2) is 10.9 Å². The van der Waals surface area contributed by atoms with Gasteiger partial charge in [0.2, 0.25) is 0 Å². The van der Waals surface area contributed by atoms with Gasteiger partial charge >= 0.3 is 0 Å². The van der Waals surface area contributed by atoms with Crippen LogP contribution in [0, 0.1) is 6.92 Å². The molecular weight excluding hydrogens is 352 g/mol. The molecule has 1 aliphatic rings. The molecule has 0 unspecified atom stereocenters. The van der Waals surface area contributed by atoms with Gasteiger partial charge in [0, 0.05) is 10.8 Å². The average Bonchev–Trinajstić information content (AvgIpc) is 3.09. The van der Waals surface area contributed by atoms with Crippen molar-refractivity contribution in [3.05, 3.63) is 76.2 Å². The van der Waals surface area contributed by atoms with Crippen LogP contribution in [0.1, 0.15) is 45.2 Å². The van der Waals surface area contributed by atoms with Gasteiger partial charge in [0.25, 0.3) is 5.91 Å². The van der Waals surface area contributed by atoms with Crippen LogP contribution in [0.2, 0.25) is 0 Å². The van der Waals surface area contributed by atoms with Crippen LogP contribution >= 0.6 is 11.3 Å². The second-order valence-electron chi connectivity index (χ2n) is 7.31. The first-order chi connectivity index (χ1) is 13.2. The van der Waals surface area contributed by atoms with Gasteiger partial charge in [0.1, 0.15) is 4.83 Å². The molecule has 0 aliphatic heterocycles. The Morgan fingerprint density at radius 1 is 1.11 bits per heavy atom. The molecule has 27 heavy (non-hydrogen) atoms. The molecule has 1 amide bonds. The van der Waals surface area contributed by atoms with E-state index in [1.807, 2.05) is 6.07 Å². The lowest BCUT2D eigenvalue weighted by Gasteiger charge is -2.26. The first-order valence-corrected chi connectivity index (χ1v) is 10.2. The van der Waals surface area contributed by atoms with Crippen LogP contribution in [0.15, 0.2) is 54.6 Å². The van der Waals surface area contributed by atoms with Gasteiger partial charge in [-0.25, -0.2) is 4.98 Å². The van der Waals surface area contributed by atoms with Crippen molar-refractivity contribution in [3.63, 3.8) is 0 Å². The van der Waals surface area contributed by atoms with Crippen LogP contribution in [-0.2, 0) is 6.42 Å². The minimum absolute atomic E-state index is 0.0000558. The SMILES string of the molecule is Cc1ccc2cc3cc(C(=O)N[C@H]4CCCc5ccccc54)sc3nc2c1. The van der Waals surface area contributed by atoms with Gasteiger partial charge in [-0.2, -0.15) is 0 Å². The summed E-state index contributed by atoms with van der Waals surface area (Å²) in [4.78, 5) is 19.3. The summed E-state index contributed by atoms with van der Waals surface area (Å²) < 4.78 is 0. The van der Waals surface area contributed by atoms with E-state index in [2.05, 4.69) is 60.8 Å². The van der Waals surface area contributed by atoms with Crippen molar-refractivity contribution in [2.75, 3.05) is 0 Å². The fourth-order valence-corrected chi connectivity index (χ4v) is 4.91. The molecular formula is C23H20N2OS. The Kier molecular flexibility index (Phi) is 3.94. The second-order valence-corrected chi connectivity index (χ2v) is 8.34. The molecule has 5 rings (SSSR count). The number of amides is 1. The average molecular weight is 372 g/mol. The van der Waals surface area contributed by atoms with Crippen molar-refractivity contribution in [3.8, 4) is 0 Å². The highest BCUT2D eigenvalue weighted by atomic mass is 32.1. The number of fused-ring (bicyclic) bond motifs is 3. The minimum atomic E-state index is -0.0000558. The third kappa shape index (κ3) is 3.00. The zero-order valence-electron chi connectivity index (χ0n) is 15.2. The molecule has 4 aromatic rings. The van der Waals surface area contributed by atoms with E-state index in [9.17, 15) is 4.79 Å². The number of aryl methyl sites for hydroxylation is 2. The van der Waals surface area contributed by atoms with Crippen LogP contribution in [0.4, 0.5) is 0 Å². The lowest BCUT2D eigenvalue weighted by atomic mass is 9.88. The lowest BCUT2D eigenvalue weighted by Crippen LogP contribution is -2.30. The number of benzene rings is 2. The molecule has 3 nitrogen and oxygen atoms in total. The summed E-state index contributed by atoms with van der Waals surface area (Å²) >= 11 is 1.47. The maximum absolute atomic E-state index is 12.9. The van der Waals surface area contributed by atoms with Gasteiger partial charge in [0.15, 0.2) is 0 Å². The van der Waals surface area contributed by atoms with Gasteiger partial charge in [-0.1, -0.05) is 36.4 Å². The standard InChI is InChI=1S/C23H20N2OS/c1-14-9-10-16-12-17-13-21(27-23(17)25-20(16)11-14)22(26)24-19-8-4-6-15-5-2-3-7-18(15)19/h2-3,5,7,9-13,19H,4,6,8H2,1H3,(H,24,26)/t19-/m0/s1. The van der Waals surface area contributed by atoms with Crippen LogP contribution in [0.5, 0.6) is 0 Å². The number of carbonyl (C=O) groups excluding carboxylic acids is 1. The largest absolute Gasteiger partial charge is 0.345 e. The number of nitrogens with zero attached hydrogens (tertiary/aromatic N) is 1. The van der Waals surface area contributed by atoms with E-state index in [0.717, 1.165) is 45.3 Å². The number of hydrogen-bond acceptors (Lipinski definition) is 3. The first kappa shape index (κ1) is 16.5. The Hall–Kier alpha value is -2.72. The predicted molar refractivity (Wildman–Crippen MR) is 111 cm³/mol. The highest BCUT2D eigenvalue weighted by molar-refractivity contribution is 7.20. The van der Waals surface area contributed by atoms with Gasteiger partial charge in [-0.05, 0) is 61.1 Å². The molecule has 0 saturated heterocycles. The molecule has 0 saturated carbocycles. The van der Waals surface area contributed by atoms with Crippen molar-refractivity contribution in [1.82, 2.24) is 10.3 Å². The van der Waals surface area contributed by atoms with Crippen molar-refractivity contribution in [2.24, 2.45) is 0 Å². The van der Waals surface area contributed by atoms with E-state index < -0.39 is 0 Å². The number of carbonyl (C=O) groups is 1. The molecule has 1 atom stereocenters. The van der Waals surface area contributed by atoms with E-state index in [1.165, 1.54) is 28.0 Å². The molecule has 1 aliphatic carbocycles. The zero-order chi connectivity index (χ0) is 18.4. The van der Waals surface area contributed by atoms with Gasteiger partial charge in [-0.15, -0.1) is 11.3 Å². The Morgan fingerprint density at radius 2 is 2.00 bits per heavy atom. The number of hydrogen-bond donors (Lipinski definition) is 1. The summed E-state index contributed by atoms with van der Waals surface area (Å²) in [6.07, 6.45) is 3.21. The highest BCUT2D eigenvalue weighted by Crippen LogP contribution is 2.31. The summed E-state index contributed by atoms with van der Waals surface area (Å²) in [6.45, 7) is 2.07. The predicted octanol–water partition coefficient (Wildman–Crippen LogP) is 5.57. The molecule has 2 heterocycles. The summed E-state index contributed by atoms with van der Waals surface area (Å²) in [7, 11) is 0. The minimum Gasteiger partial charge on any atom is -0.345 e. The summed E-state index contributed by atoms with van der Waals surface area (Å²) in [5, 5.41) is 5.39. The van der Waals surface area contributed by atoms with E-state index in [4.69, 9.17) is 4.98 Å². The fraction of sp³-hybridized carbons (Fsp3) is 0.217. The Morgan fingerprint density at radius 3 is 2.93 bits per heavy atom. The topological polar surface area (TPSA) is 42.0 Å². The Bertz CT molecular complexity index is 1180. The van der Waals surface area contributed by atoms with E-state index in [1.54, 1.807) is 0 Å². The molecule has 2 aromatic heterocycles. The molecule has 0 spiro atoms. The Balaban J connectivity index is 1.47. The van der Waals surface area contributed by atoms with Crippen LogP contribution in [0.25, 0.3) is 21.1 Å². The monoisotopic (exact) mass is 372 g/mol. The van der Waals surface area contributed by atoms with Crippen molar-refractivity contribution in [1.29, 1.82) is 0 Å². The summed E-state index contributed by atoms with van der Waals surface area (Å²) in [5.74, 6) is -0.0000558. The number of pyridine rings is 1. The molecule has 2 aromatic carbocycles. The third-order valence-electron chi connectivity index (χ3n) is 5.36. The summed E-state index contributed by atoms with van der Waals surface area (Å²) in [5.41, 5.74) is 4.79. The number of thiophene rings is 1. The van der Waals surface area contributed by atoms with Crippen molar-refractivity contribution < 1.29 is 4.79 Å². The first-order valence-electron chi connectivity index (χ1n) is 9.37. The molecule has 4 heteroatoms. The van der Waals surface area contributed by atoms with Crippen LogP contribution in [0.3, 0.4) is 0 Å². The maximum atomic E-state index is 12.9. The smallest absolute Gasteiger partial charge is 0.261 e. The second kappa shape index (κ2) is 6.46. The Labute approximate surface area is 162 Å². The maximum Gasteiger partial charge on any atom is 0.261 e. The molecule has 0 fully saturated rings. The van der Waals surface area contributed by atoms with Crippen LogP contribution < -0.4 is 5.32 Å². The molecule has 0 bridgehead atoms. The molecule has 134 valence electrons. The quantitative estimate of drug-likeness (QED) is 0.500. The summed E-state index contributed by atoms with van der Waals surface area (Å²) in [6, 6.07) is 18.9. The molecule has 0 radical (unpaired) electrons. The fourth-order valence-electron chi connectivity index (χ4n) is 3.98. The normalized spacial score (nSPS) is 16.4. The van der Waals surface area contributed by atoms with E-state index >= 15 is 0 Å². The van der Waals surface area contributed by atoms with Gasteiger partial charge in [-0.3, -0.25) is 4.79 Å². The van der Waals surface area contributed by atoms with E-state index in [0.29, 0.717) is 0 Å². The van der Waals surface area contributed by atoms with Crippen molar-refractivity contribution in [2.45, 2.75) is 32.2 Å². The van der Waals surface area contributed by atoms with Gasteiger partial charge in [0.05, 0.1) is 16.4 Å².